The molecular formula is C22H21N5O2S. The van der Waals surface area contributed by atoms with E-state index in [4.69, 9.17) is 6.42 Å². The van der Waals surface area contributed by atoms with Crippen molar-refractivity contribution >= 4 is 27.5 Å². The van der Waals surface area contributed by atoms with Gasteiger partial charge in [0.15, 0.2) is 0 Å². The molecule has 4 bridgehead atoms. The van der Waals surface area contributed by atoms with Crippen molar-refractivity contribution < 1.29 is 8.42 Å². The summed E-state index contributed by atoms with van der Waals surface area (Å²) in [6, 6.07) is 14.2. The predicted molar refractivity (Wildman–Crippen MR) is 118 cm³/mol. The summed E-state index contributed by atoms with van der Waals surface area (Å²) in [7, 11) is -3.55. The highest BCUT2D eigenvalue weighted by molar-refractivity contribution is 7.89. The Hall–Kier alpha value is -3.41. The number of rotatable bonds is 1. The minimum absolute atomic E-state index is 0.202. The Labute approximate surface area is 176 Å². The summed E-state index contributed by atoms with van der Waals surface area (Å²) in [5.41, 5.74) is 3.22. The van der Waals surface area contributed by atoms with Crippen LogP contribution in [0.2, 0.25) is 0 Å². The fraction of sp³-hybridized carbons (Fsp3) is 0.182. The number of fused-ring (bicyclic) bond motifs is 4. The van der Waals surface area contributed by atoms with E-state index in [1.54, 1.807) is 30.5 Å². The number of hydrogen-bond acceptors (Lipinski definition) is 6. The smallest absolute Gasteiger partial charge is 0.240 e. The molecule has 0 saturated carbocycles. The van der Waals surface area contributed by atoms with Crippen molar-refractivity contribution in [2.45, 2.75) is 17.7 Å². The van der Waals surface area contributed by atoms with Gasteiger partial charge in [-0.05, 0) is 48.7 Å². The SMILES string of the molecule is C#Cc1ccc(-c2cnc3nc2NCCCCNS(=O)(=O)c2cccc(c2)N3)cc1. The summed E-state index contributed by atoms with van der Waals surface area (Å²) in [4.78, 5) is 9.25. The Bertz CT molecular complexity index is 1200. The summed E-state index contributed by atoms with van der Waals surface area (Å²) in [6.07, 6.45) is 8.68. The van der Waals surface area contributed by atoms with Crippen LogP contribution in [0.15, 0.2) is 59.6 Å². The maximum atomic E-state index is 12.5. The van der Waals surface area contributed by atoms with Gasteiger partial charge in [-0.3, -0.25) is 0 Å². The van der Waals surface area contributed by atoms with Crippen LogP contribution in [0.1, 0.15) is 18.4 Å². The van der Waals surface area contributed by atoms with Gasteiger partial charge in [0, 0.05) is 36.1 Å². The Balaban J connectivity index is 1.72. The molecule has 30 heavy (non-hydrogen) atoms. The van der Waals surface area contributed by atoms with Gasteiger partial charge in [0.25, 0.3) is 0 Å². The summed E-state index contributed by atoms with van der Waals surface area (Å²) in [5, 5.41) is 6.44. The lowest BCUT2D eigenvalue weighted by atomic mass is 10.1. The molecule has 152 valence electrons. The molecule has 2 heterocycles. The largest absolute Gasteiger partial charge is 0.369 e. The van der Waals surface area contributed by atoms with Gasteiger partial charge in [-0.15, -0.1) is 6.42 Å². The number of anilines is 3. The van der Waals surface area contributed by atoms with Crippen LogP contribution in [0.3, 0.4) is 0 Å². The van der Waals surface area contributed by atoms with Crippen molar-refractivity contribution in [1.29, 1.82) is 0 Å². The number of aromatic nitrogens is 2. The zero-order valence-electron chi connectivity index (χ0n) is 16.2. The molecule has 0 unspecified atom stereocenters. The number of hydrogen-bond donors (Lipinski definition) is 3. The first-order valence-corrected chi connectivity index (χ1v) is 11.1. The minimum Gasteiger partial charge on any atom is -0.369 e. The lowest BCUT2D eigenvalue weighted by Gasteiger charge is -2.15. The molecule has 3 N–H and O–H groups in total. The van der Waals surface area contributed by atoms with Crippen LogP contribution in [-0.4, -0.2) is 31.5 Å². The Morgan fingerprint density at radius 2 is 1.83 bits per heavy atom. The average Bonchev–Trinajstić information content (AvgIpc) is 2.76. The van der Waals surface area contributed by atoms with Crippen LogP contribution in [-0.2, 0) is 10.0 Å². The first kappa shape index (κ1) is 19.9. The minimum atomic E-state index is -3.55. The van der Waals surface area contributed by atoms with Gasteiger partial charge in [-0.2, -0.15) is 4.98 Å². The molecule has 1 aliphatic rings. The van der Waals surface area contributed by atoms with Crippen molar-refractivity contribution in [3.05, 3.63) is 60.3 Å². The third-order valence-corrected chi connectivity index (χ3v) is 6.20. The molecule has 4 rings (SSSR count). The van der Waals surface area contributed by atoms with E-state index < -0.39 is 10.0 Å². The first-order chi connectivity index (χ1) is 14.5. The molecule has 0 atom stereocenters. The monoisotopic (exact) mass is 419 g/mol. The van der Waals surface area contributed by atoms with Crippen LogP contribution in [0.5, 0.6) is 0 Å². The maximum absolute atomic E-state index is 12.5. The second kappa shape index (κ2) is 8.53. The van der Waals surface area contributed by atoms with E-state index in [9.17, 15) is 8.42 Å². The van der Waals surface area contributed by atoms with Crippen LogP contribution in [0.4, 0.5) is 17.5 Å². The number of nitrogens with one attached hydrogen (secondary N) is 3. The molecule has 1 aromatic heterocycles. The highest BCUT2D eigenvalue weighted by Gasteiger charge is 2.15. The molecule has 0 fully saturated rings. The van der Waals surface area contributed by atoms with Gasteiger partial charge in [-0.1, -0.05) is 24.1 Å². The van der Waals surface area contributed by atoms with Gasteiger partial charge >= 0.3 is 0 Å². The molecule has 0 spiro atoms. The molecule has 7 nitrogen and oxygen atoms in total. The third-order valence-electron chi connectivity index (χ3n) is 4.74. The summed E-state index contributed by atoms with van der Waals surface area (Å²) >= 11 is 0. The highest BCUT2D eigenvalue weighted by Crippen LogP contribution is 2.28. The second-order valence-electron chi connectivity index (χ2n) is 6.86. The van der Waals surface area contributed by atoms with E-state index in [1.807, 2.05) is 24.3 Å². The number of terminal acetylenes is 1. The Morgan fingerprint density at radius 1 is 1.03 bits per heavy atom. The molecule has 2 aromatic carbocycles. The van der Waals surface area contributed by atoms with Crippen molar-refractivity contribution in [1.82, 2.24) is 14.7 Å². The lowest BCUT2D eigenvalue weighted by molar-refractivity contribution is 0.577. The standard InChI is InChI=1S/C22H21N5O2S/c1-2-16-8-10-17(11-9-16)20-15-24-22-26-18-6-5-7-19(14-18)30(28,29)25-13-4-3-12-23-21(20)27-22/h1,5-11,14-15,25H,3-4,12-13H2,(H2,23,24,26,27). The van der Waals surface area contributed by atoms with Gasteiger partial charge < -0.3 is 10.6 Å². The number of benzene rings is 2. The van der Waals surface area contributed by atoms with Gasteiger partial charge in [0.05, 0.1) is 4.90 Å². The summed E-state index contributed by atoms with van der Waals surface area (Å²) in [6.45, 7) is 1.02. The molecule has 0 aliphatic carbocycles. The van der Waals surface area contributed by atoms with Crippen molar-refractivity contribution in [3.8, 4) is 23.5 Å². The quantitative estimate of drug-likeness (QED) is 0.524. The molecule has 1 aliphatic heterocycles. The normalized spacial score (nSPS) is 15.7. The lowest BCUT2D eigenvalue weighted by Crippen LogP contribution is -2.25. The predicted octanol–water partition coefficient (Wildman–Crippen LogP) is 3.35. The summed E-state index contributed by atoms with van der Waals surface area (Å²) in [5.74, 6) is 3.69. The van der Waals surface area contributed by atoms with Gasteiger partial charge in [-0.25, -0.2) is 18.1 Å². The van der Waals surface area contributed by atoms with Crippen molar-refractivity contribution in [2.75, 3.05) is 23.7 Å². The molecule has 0 radical (unpaired) electrons. The summed E-state index contributed by atoms with van der Waals surface area (Å²) < 4.78 is 27.6. The fourth-order valence-electron chi connectivity index (χ4n) is 3.15. The number of nitrogens with zero attached hydrogens (tertiary/aromatic N) is 2. The average molecular weight is 420 g/mol. The third kappa shape index (κ3) is 4.43. The highest BCUT2D eigenvalue weighted by atomic mass is 32.2. The van der Waals surface area contributed by atoms with Crippen LogP contribution < -0.4 is 15.4 Å². The van der Waals surface area contributed by atoms with Crippen LogP contribution in [0, 0.1) is 12.3 Å². The van der Waals surface area contributed by atoms with Crippen molar-refractivity contribution in [2.24, 2.45) is 0 Å². The van der Waals surface area contributed by atoms with E-state index in [0.29, 0.717) is 37.0 Å². The number of sulfonamides is 1. The van der Waals surface area contributed by atoms with Crippen molar-refractivity contribution in [3.63, 3.8) is 0 Å². The van der Waals surface area contributed by atoms with E-state index in [2.05, 4.69) is 31.2 Å². The Morgan fingerprint density at radius 3 is 2.63 bits per heavy atom. The van der Waals surface area contributed by atoms with E-state index in [0.717, 1.165) is 23.1 Å². The first-order valence-electron chi connectivity index (χ1n) is 9.60. The van der Waals surface area contributed by atoms with E-state index >= 15 is 0 Å². The van der Waals surface area contributed by atoms with E-state index in [1.165, 1.54) is 0 Å². The molecular weight excluding hydrogens is 398 g/mol. The fourth-order valence-corrected chi connectivity index (χ4v) is 4.27. The zero-order valence-corrected chi connectivity index (χ0v) is 17.0. The van der Waals surface area contributed by atoms with Crippen LogP contribution >= 0.6 is 0 Å². The maximum Gasteiger partial charge on any atom is 0.240 e. The molecule has 0 amide bonds. The Kier molecular flexibility index (Phi) is 5.65. The topological polar surface area (TPSA) is 96.0 Å². The second-order valence-corrected chi connectivity index (χ2v) is 8.63. The molecule has 8 heteroatoms. The van der Waals surface area contributed by atoms with Gasteiger partial charge in [0.2, 0.25) is 16.0 Å². The van der Waals surface area contributed by atoms with E-state index in [-0.39, 0.29) is 4.90 Å². The molecule has 3 aromatic rings. The van der Waals surface area contributed by atoms with Crippen LogP contribution in [0.25, 0.3) is 11.1 Å². The van der Waals surface area contributed by atoms with Gasteiger partial charge in [0.1, 0.15) is 5.82 Å². The zero-order chi connectivity index (χ0) is 21.0. The molecule has 0 saturated heterocycles.